The fraction of sp³-hybridized carbons (Fsp3) is 0.300. The summed E-state index contributed by atoms with van der Waals surface area (Å²) in [5, 5.41) is 11.1. The number of rotatable bonds is 2. The van der Waals surface area contributed by atoms with Crippen molar-refractivity contribution in [2.45, 2.75) is 23.6 Å². The number of hydrogen-bond acceptors (Lipinski definition) is 3. The van der Waals surface area contributed by atoms with Gasteiger partial charge in [-0.25, -0.2) is 0 Å². The first kappa shape index (κ1) is 15.1. The maximum Gasteiger partial charge on any atom is 0.426 e. The van der Waals surface area contributed by atoms with E-state index in [1.165, 1.54) is 18.2 Å². The summed E-state index contributed by atoms with van der Waals surface area (Å²) in [5.41, 5.74) is -3.53. The lowest BCUT2D eigenvalue weighted by atomic mass is 10.1. The van der Waals surface area contributed by atoms with Gasteiger partial charge in [0.25, 0.3) is 5.91 Å². The molecule has 1 unspecified atom stereocenters. The van der Waals surface area contributed by atoms with E-state index < -0.39 is 17.7 Å². The van der Waals surface area contributed by atoms with Crippen LogP contribution in [0.25, 0.3) is 0 Å². The lowest BCUT2D eigenvalue weighted by Gasteiger charge is -2.25. The lowest BCUT2D eigenvalue weighted by Crippen LogP contribution is -2.52. The molecule has 0 aliphatic carbocycles. The van der Waals surface area contributed by atoms with Crippen LogP contribution < -0.4 is 5.32 Å². The fourth-order valence-corrected chi connectivity index (χ4v) is 1.49. The summed E-state index contributed by atoms with van der Waals surface area (Å²) in [6, 6.07) is 4.07. The first-order valence-corrected chi connectivity index (χ1v) is 5.47. The van der Waals surface area contributed by atoms with Crippen molar-refractivity contribution in [3.8, 4) is 0 Å². The van der Waals surface area contributed by atoms with Gasteiger partial charge in [-0.15, -0.1) is 12.6 Å². The Balaban J connectivity index is 2.95. The highest BCUT2D eigenvalue weighted by Gasteiger charge is 2.55. The molecular weight excluding hydrogens is 291 g/mol. The van der Waals surface area contributed by atoms with Crippen LogP contribution in [0.1, 0.15) is 6.92 Å². The zero-order chi connectivity index (χ0) is 14.1. The van der Waals surface area contributed by atoms with Crippen LogP contribution in [0, 0.1) is 0 Å². The fourth-order valence-electron chi connectivity index (χ4n) is 0.978. The van der Waals surface area contributed by atoms with Crippen LogP contribution in [-0.4, -0.2) is 22.8 Å². The molecule has 0 saturated carbocycles. The molecule has 0 bridgehead atoms. The van der Waals surface area contributed by atoms with E-state index in [1.807, 2.05) is 5.32 Å². The summed E-state index contributed by atoms with van der Waals surface area (Å²) in [7, 11) is 0. The maximum atomic E-state index is 12.4. The minimum Gasteiger partial charge on any atom is -0.373 e. The molecule has 0 saturated heterocycles. The average molecular weight is 300 g/mol. The number of halogens is 4. The Labute approximate surface area is 111 Å². The molecule has 1 rings (SSSR count). The Morgan fingerprint density at radius 2 is 2.00 bits per heavy atom. The second kappa shape index (κ2) is 4.99. The second-order valence-electron chi connectivity index (χ2n) is 3.69. The first-order valence-electron chi connectivity index (χ1n) is 4.65. The number of alkyl halides is 3. The molecule has 1 aromatic rings. The van der Waals surface area contributed by atoms with Gasteiger partial charge in [0.15, 0.2) is 0 Å². The number of nitrogens with one attached hydrogen (secondary N) is 1. The molecule has 100 valence electrons. The van der Waals surface area contributed by atoms with Crippen molar-refractivity contribution >= 4 is 35.8 Å². The number of hydrogen-bond donors (Lipinski definition) is 3. The van der Waals surface area contributed by atoms with Crippen LogP contribution >= 0.6 is 24.2 Å². The summed E-state index contributed by atoms with van der Waals surface area (Å²) >= 11 is 9.68. The zero-order valence-electron chi connectivity index (χ0n) is 9.05. The minimum absolute atomic E-state index is 0.0221. The van der Waals surface area contributed by atoms with Gasteiger partial charge in [-0.1, -0.05) is 11.6 Å². The third kappa shape index (κ3) is 3.09. The Kier molecular flexibility index (Phi) is 4.19. The van der Waals surface area contributed by atoms with Crippen molar-refractivity contribution in [2.24, 2.45) is 0 Å². The molecule has 1 aromatic carbocycles. The minimum atomic E-state index is -5.08. The molecule has 0 fully saturated rings. The molecule has 1 amide bonds. The van der Waals surface area contributed by atoms with Gasteiger partial charge in [0, 0.05) is 4.90 Å². The van der Waals surface area contributed by atoms with E-state index in [4.69, 9.17) is 16.7 Å². The van der Waals surface area contributed by atoms with Gasteiger partial charge in [0.1, 0.15) is 0 Å². The molecule has 18 heavy (non-hydrogen) atoms. The number of amides is 1. The molecule has 0 aliphatic rings. The summed E-state index contributed by atoms with van der Waals surface area (Å²) < 4.78 is 37.2. The Bertz CT molecular complexity index is 477. The van der Waals surface area contributed by atoms with Crippen molar-refractivity contribution < 1.29 is 23.1 Å². The summed E-state index contributed by atoms with van der Waals surface area (Å²) in [4.78, 5) is 11.8. The van der Waals surface area contributed by atoms with E-state index >= 15 is 0 Å². The summed E-state index contributed by atoms with van der Waals surface area (Å²) in [6.45, 7) is 0.364. The predicted molar refractivity (Wildman–Crippen MR) is 64.0 cm³/mol. The van der Waals surface area contributed by atoms with E-state index in [0.29, 0.717) is 11.8 Å². The largest absolute Gasteiger partial charge is 0.426 e. The number of carbonyl (C=O) groups excluding carboxylic acids is 1. The van der Waals surface area contributed by atoms with Crippen LogP contribution in [0.5, 0.6) is 0 Å². The van der Waals surface area contributed by atoms with Crippen molar-refractivity contribution in [3.63, 3.8) is 0 Å². The van der Waals surface area contributed by atoms with Gasteiger partial charge in [-0.3, -0.25) is 4.79 Å². The first-order chi connectivity index (χ1) is 8.05. The Hall–Kier alpha value is -0.920. The van der Waals surface area contributed by atoms with Gasteiger partial charge in [-0.05, 0) is 25.1 Å². The van der Waals surface area contributed by atoms with Crippen LogP contribution in [0.2, 0.25) is 5.02 Å². The SMILES string of the molecule is CC(O)(C(=O)Nc1ccc(S)cc1Cl)C(F)(F)F. The lowest BCUT2D eigenvalue weighted by molar-refractivity contribution is -0.242. The smallest absolute Gasteiger partial charge is 0.373 e. The van der Waals surface area contributed by atoms with E-state index in [2.05, 4.69) is 12.6 Å². The van der Waals surface area contributed by atoms with Crippen LogP contribution in [0.15, 0.2) is 23.1 Å². The molecule has 8 heteroatoms. The van der Waals surface area contributed by atoms with E-state index in [-0.39, 0.29) is 10.7 Å². The van der Waals surface area contributed by atoms with Gasteiger partial charge in [-0.2, -0.15) is 13.2 Å². The standard InChI is InChI=1S/C10H9ClF3NO2S/c1-9(17,10(12,13)14)8(16)15-7-3-2-5(18)4-6(7)11/h2-4,17-18H,1H3,(H,15,16). The van der Waals surface area contributed by atoms with Crippen LogP contribution in [-0.2, 0) is 4.79 Å². The molecule has 0 aliphatic heterocycles. The van der Waals surface area contributed by atoms with Gasteiger partial charge in [0.2, 0.25) is 5.60 Å². The van der Waals surface area contributed by atoms with E-state index in [0.717, 1.165) is 0 Å². The monoisotopic (exact) mass is 299 g/mol. The quantitative estimate of drug-likeness (QED) is 0.736. The van der Waals surface area contributed by atoms with Crippen molar-refractivity contribution in [1.82, 2.24) is 0 Å². The maximum absolute atomic E-state index is 12.4. The molecule has 2 N–H and O–H groups in total. The van der Waals surface area contributed by atoms with E-state index in [9.17, 15) is 18.0 Å². The number of benzene rings is 1. The Morgan fingerprint density at radius 1 is 1.44 bits per heavy atom. The van der Waals surface area contributed by atoms with Crippen LogP contribution in [0.4, 0.5) is 18.9 Å². The predicted octanol–water partition coefficient (Wildman–Crippen LogP) is 2.88. The average Bonchev–Trinajstić information content (AvgIpc) is 2.20. The summed E-state index contributed by atoms with van der Waals surface area (Å²) in [5.74, 6) is -1.61. The molecule has 0 heterocycles. The van der Waals surface area contributed by atoms with Crippen molar-refractivity contribution in [1.29, 1.82) is 0 Å². The highest BCUT2D eigenvalue weighted by Crippen LogP contribution is 2.32. The third-order valence-corrected chi connectivity index (χ3v) is 2.79. The number of carbonyl (C=O) groups is 1. The van der Waals surface area contributed by atoms with Gasteiger partial charge in [0.05, 0.1) is 10.7 Å². The Morgan fingerprint density at radius 3 is 2.44 bits per heavy atom. The zero-order valence-corrected chi connectivity index (χ0v) is 10.7. The highest BCUT2D eigenvalue weighted by molar-refractivity contribution is 7.80. The molecule has 0 radical (unpaired) electrons. The third-order valence-electron chi connectivity index (χ3n) is 2.19. The summed E-state index contributed by atoms with van der Waals surface area (Å²) in [6.07, 6.45) is -5.08. The van der Waals surface area contributed by atoms with Crippen molar-refractivity contribution in [2.75, 3.05) is 5.32 Å². The van der Waals surface area contributed by atoms with Gasteiger partial charge < -0.3 is 10.4 Å². The van der Waals surface area contributed by atoms with Gasteiger partial charge >= 0.3 is 6.18 Å². The van der Waals surface area contributed by atoms with E-state index in [1.54, 1.807) is 0 Å². The number of thiol groups is 1. The molecule has 3 nitrogen and oxygen atoms in total. The number of aliphatic hydroxyl groups is 1. The number of anilines is 1. The molecule has 0 spiro atoms. The van der Waals surface area contributed by atoms with Crippen LogP contribution in [0.3, 0.4) is 0 Å². The topological polar surface area (TPSA) is 49.3 Å². The second-order valence-corrected chi connectivity index (χ2v) is 4.61. The van der Waals surface area contributed by atoms with Crippen molar-refractivity contribution in [3.05, 3.63) is 23.2 Å². The highest BCUT2D eigenvalue weighted by atomic mass is 35.5. The molecule has 0 aromatic heterocycles. The normalized spacial score (nSPS) is 15.1. The molecule has 1 atom stereocenters. The molecular formula is C10H9ClF3NO2S.